The summed E-state index contributed by atoms with van der Waals surface area (Å²) in [4.78, 5) is 15.0. The lowest BCUT2D eigenvalue weighted by atomic mass is 10.3. The summed E-state index contributed by atoms with van der Waals surface area (Å²) >= 11 is 0. The fourth-order valence-electron chi connectivity index (χ4n) is 2.55. The van der Waals surface area contributed by atoms with Gasteiger partial charge in [0.15, 0.2) is 11.2 Å². The Morgan fingerprint density at radius 3 is 2.50 bits per heavy atom. The highest BCUT2D eigenvalue weighted by Crippen LogP contribution is 2.28. The number of esters is 1. The number of alkyl halides is 3. The Labute approximate surface area is 152 Å². The summed E-state index contributed by atoms with van der Waals surface area (Å²) < 4.78 is 58.9. The standard InChI is InChI=1S/C15H9F4N7O2/c1-28-10(27)6-9-11-12(25(23-9)8-4-2-7(16)3-5-8)26-14(22-21-11)20-13(24-26)15(17,18)19/h2-5H,6H2,1H3. The van der Waals surface area contributed by atoms with Crippen LogP contribution in [0.25, 0.3) is 22.6 Å². The van der Waals surface area contributed by atoms with Gasteiger partial charge in [-0.1, -0.05) is 0 Å². The maximum absolute atomic E-state index is 13.3. The molecule has 3 heterocycles. The normalized spacial score (nSPS) is 12.0. The second-order valence-corrected chi connectivity index (χ2v) is 5.61. The number of ether oxygens (including phenoxy) is 1. The van der Waals surface area contributed by atoms with E-state index in [1.165, 1.54) is 23.9 Å². The first-order valence-electron chi connectivity index (χ1n) is 7.69. The van der Waals surface area contributed by atoms with Crippen LogP contribution in [0.2, 0.25) is 0 Å². The van der Waals surface area contributed by atoms with Gasteiger partial charge < -0.3 is 4.74 Å². The predicted octanol–water partition coefficient (Wildman–Crippen LogP) is 1.73. The van der Waals surface area contributed by atoms with Crippen molar-refractivity contribution in [2.75, 3.05) is 7.11 Å². The van der Waals surface area contributed by atoms with Gasteiger partial charge in [0.05, 0.1) is 19.2 Å². The van der Waals surface area contributed by atoms with Crippen molar-refractivity contribution in [1.82, 2.24) is 34.6 Å². The topological polar surface area (TPSA) is 100 Å². The molecule has 4 aromatic rings. The van der Waals surface area contributed by atoms with E-state index in [9.17, 15) is 22.4 Å². The number of nitrogens with zero attached hydrogens (tertiary/aromatic N) is 7. The number of hydrogen-bond acceptors (Lipinski definition) is 7. The molecule has 0 N–H and O–H groups in total. The zero-order valence-electron chi connectivity index (χ0n) is 14.0. The number of rotatable bonds is 3. The van der Waals surface area contributed by atoms with Crippen LogP contribution >= 0.6 is 0 Å². The highest BCUT2D eigenvalue weighted by molar-refractivity contribution is 5.82. The van der Waals surface area contributed by atoms with E-state index in [1.54, 1.807) is 0 Å². The molecule has 0 radical (unpaired) electrons. The van der Waals surface area contributed by atoms with E-state index < -0.39 is 29.6 Å². The maximum Gasteiger partial charge on any atom is 0.453 e. The fraction of sp³-hybridized carbons (Fsp3) is 0.200. The first-order valence-corrected chi connectivity index (χ1v) is 7.69. The van der Waals surface area contributed by atoms with E-state index in [-0.39, 0.29) is 23.3 Å². The van der Waals surface area contributed by atoms with Gasteiger partial charge in [-0.3, -0.25) is 4.79 Å². The molecule has 4 rings (SSSR count). The van der Waals surface area contributed by atoms with Crippen LogP contribution in [0.15, 0.2) is 24.3 Å². The number of benzene rings is 1. The molecule has 0 aliphatic heterocycles. The van der Waals surface area contributed by atoms with Gasteiger partial charge in [-0.25, -0.2) is 9.07 Å². The Morgan fingerprint density at radius 1 is 1.14 bits per heavy atom. The van der Waals surface area contributed by atoms with Crippen molar-refractivity contribution in [3.63, 3.8) is 0 Å². The van der Waals surface area contributed by atoms with Crippen LogP contribution in [0.3, 0.4) is 0 Å². The van der Waals surface area contributed by atoms with Gasteiger partial charge in [0, 0.05) is 0 Å². The van der Waals surface area contributed by atoms with E-state index in [2.05, 4.69) is 30.1 Å². The second kappa shape index (κ2) is 6.21. The molecule has 1 aromatic carbocycles. The Balaban J connectivity index is 2.03. The molecule has 0 amide bonds. The quantitative estimate of drug-likeness (QED) is 0.385. The lowest BCUT2D eigenvalue weighted by Gasteiger charge is -2.03. The zero-order valence-corrected chi connectivity index (χ0v) is 14.0. The van der Waals surface area contributed by atoms with Crippen LogP contribution in [-0.4, -0.2) is 47.7 Å². The van der Waals surface area contributed by atoms with E-state index in [0.717, 1.165) is 16.6 Å². The van der Waals surface area contributed by atoms with E-state index in [4.69, 9.17) is 0 Å². The minimum atomic E-state index is -4.80. The highest BCUT2D eigenvalue weighted by atomic mass is 19.4. The van der Waals surface area contributed by atoms with Crippen molar-refractivity contribution in [2.24, 2.45) is 0 Å². The molecule has 0 bridgehead atoms. The Bertz CT molecular complexity index is 1200. The number of fused-ring (bicyclic) bond motifs is 3. The number of halogens is 4. The number of carbonyl (C=O) groups is 1. The average Bonchev–Trinajstić information content (AvgIpc) is 3.24. The molecule has 0 aliphatic rings. The number of hydrogen-bond donors (Lipinski definition) is 0. The molecule has 3 aromatic heterocycles. The largest absolute Gasteiger partial charge is 0.469 e. The molecule has 0 aliphatic carbocycles. The number of aromatic nitrogens is 7. The summed E-state index contributed by atoms with van der Waals surface area (Å²) in [5, 5.41) is 15.2. The van der Waals surface area contributed by atoms with E-state index >= 15 is 0 Å². The molecular weight excluding hydrogens is 386 g/mol. The van der Waals surface area contributed by atoms with Crippen LogP contribution in [0.5, 0.6) is 0 Å². The molecule has 13 heteroatoms. The monoisotopic (exact) mass is 395 g/mol. The molecule has 9 nitrogen and oxygen atoms in total. The SMILES string of the molecule is COC(=O)Cc1nn(-c2ccc(F)cc2)c2c1nnc1nc(C(F)(F)F)nn12. The van der Waals surface area contributed by atoms with Gasteiger partial charge in [0.2, 0.25) is 0 Å². The highest BCUT2D eigenvalue weighted by Gasteiger charge is 2.37. The van der Waals surface area contributed by atoms with Crippen molar-refractivity contribution < 1.29 is 27.1 Å². The van der Waals surface area contributed by atoms with Crippen LogP contribution in [-0.2, 0) is 22.1 Å². The molecule has 0 spiro atoms. The summed E-state index contributed by atoms with van der Waals surface area (Å²) in [6.07, 6.45) is -5.10. The van der Waals surface area contributed by atoms with Gasteiger partial charge in [-0.15, -0.1) is 15.3 Å². The number of carbonyl (C=O) groups excluding carboxylic acids is 1. The Kier molecular flexibility index (Phi) is 3.94. The third-order valence-corrected chi connectivity index (χ3v) is 3.80. The second-order valence-electron chi connectivity index (χ2n) is 5.61. The zero-order chi connectivity index (χ0) is 20.1. The summed E-state index contributed by atoms with van der Waals surface area (Å²) in [5.41, 5.74) is 0.421. The maximum atomic E-state index is 13.3. The van der Waals surface area contributed by atoms with Crippen LogP contribution < -0.4 is 0 Å². The molecule has 0 saturated carbocycles. The Morgan fingerprint density at radius 2 is 1.86 bits per heavy atom. The van der Waals surface area contributed by atoms with Crippen LogP contribution in [0, 0.1) is 5.82 Å². The van der Waals surface area contributed by atoms with Crippen molar-refractivity contribution in [1.29, 1.82) is 0 Å². The van der Waals surface area contributed by atoms with Gasteiger partial charge in [0.25, 0.3) is 11.6 Å². The third-order valence-electron chi connectivity index (χ3n) is 3.80. The third kappa shape index (κ3) is 2.90. The van der Waals surface area contributed by atoms with Crippen molar-refractivity contribution >= 4 is 22.9 Å². The van der Waals surface area contributed by atoms with Gasteiger partial charge in [-0.2, -0.15) is 27.8 Å². The average molecular weight is 395 g/mol. The summed E-state index contributed by atoms with van der Waals surface area (Å²) in [6.45, 7) is 0. The molecule has 0 fully saturated rings. The minimum absolute atomic E-state index is 0.0153. The Hall–Kier alpha value is -3.64. The van der Waals surface area contributed by atoms with Gasteiger partial charge >= 0.3 is 12.1 Å². The lowest BCUT2D eigenvalue weighted by Crippen LogP contribution is -2.08. The number of methoxy groups -OCH3 is 1. The predicted molar refractivity (Wildman–Crippen MR) is 83.9 cm³/mol. The molecule has 0 saturated heterocycles. The van der Waals surface area contributed by atoms with Crippen molar-refractivity contribution in [3.05, 3.63) is 41.6 Å². The molecule has 28 heavy (non-hydrogen) atoms. The van der Waals surface area contributed by atoms with Crippen LogP contribution in [0.1, 0.15) is 11.5 Å². The molecule has 144 valence electrons. The van der Waals surface area contributed by atoms with Crippen molar-refractivity contribution in [2.45, 2.75) is 12.6 Å². The smallest absolute Gasteiger partial charge is 0.453 e. The molecule has 0 unspecified atom stereocenters. The summed E-state index contributed by atoms with van der Waals surface area (Å²) in [7, 11) is 1.18. The van der Waals surface area contributed by atoms with Gasteiger partial charge in [-0.05, 0) is 24.3 Å². The fourth-order valence-corrected chi connectivity index (χ4v) is 2.55. The molecule has 0 atom stereocenters. The minimum Gasteiger partial charge on any atom is -0.469 e. The van der Waals surface area contributed by atoms with Crippen LogP contribution in [0.4, 0.5) is 17.6 Å². The summed E-state index contributed by atoms with van der Waals surface area (Å²) in [5.74, 6) is -2.97. The molecular formula is C15H9F4N7O2. The first-order chi connectivity index (χ1) is 13.3. The van der Waals surface area contributed by atoms with Gasteiger partial charge in [0.1, 0.15) is 11.5 Å². The van der Waals surface area contributed by atoms with E-state index in [1.807, 2.05) is 0 Å². The first kappa shape index (κ1) is 17.8. The summed E-state index contributed by atoms with van der Waals surface area (Å²) in [6, 6.07) is 5.02. The van der Waals surface area contributed by atoms with Crippen molar-refractivity contribution in [3.8, 4) is 5.69 Å². The van der Waals surface area contributed by atoms with E-state index in [0.29, 0.717) is 5.69 Å². The lowest BCUT2D eigenvalue weighted by molar-refractivity contribution is -0.144.